The van der Waals surface area contributed by atoms with Gasteiger partial charge in [0.1, 0.15) is 0 Å². The third kappa shape index (κ3) is 21.9. The van der Waals surface area contributed by atoms with Crippen molar-refractivity contribution in [3.8, 4) is 0 Å². The molecular weight excluding hydrogens is 392 g/mol. The van der Waals surface area contributed by atoms with E-state index in [0.717, 1.165) is 29.1 Å². The van der Waals surface area contributed by atoms with Crippen LogP contribution < -0.4 is 0 Å². The number of esters is 2. The Morgan fingerprint density at radius 2 is 0.806 bits per heavy atom. The fraction of sp³-hybridized carbons (Fsp3) is 0.923. The fourth-order valence-electron chi connectivity index (χ4n) is 4.48. The SMILES string of the molecule is C.C.C.CC1CC(C)C1.CC1CC2(C1)CC(C)C2.COC.COC(C)=O.COC(C)=O. The van der Waals surface area contributed by atoms with Gasteiger partial charge in [-0.15, -0.1) is 0 Å². The van der Waals surface area contributed by atoms with Crippen molar-refractivity contribution in [2.75, 3.05) is 28.4 Å². The van der Waals surface area contributed by atoms with Gasteiger partial charge < -0.3 is 14.2 Å². The van der Waals surface area contributed by atoms with Crippen molar-refractivity contribution in [2.24, 2.45) is 29.1 Å². The number of ether oxygens (including phenoxy) is 3. The predicted octanol–water partition coefficient (Wildman–Crippen LogP) is 7.41. The van der Waals surface area contributed by atoms with Crippen molar-refractivity contribution >= 4 is 11.9 Å². The lowest BCUT2D eigenvalue weighted by molar-refractivity contribution is -0.138. The van der Waals surface area contributed by atoms with Crippen LogP contribution >= 0.6 is 0 Å². The second kappa shape index (κ2) is 22.1. The fourth-order valence-corrected chi connectivity index (χ4v) is 4.48. The first kappa shape index (κ1) is 40.3. The molecule has 31 heavy (non-hydrogen) atoms. The highest BCUT2D eigenvalue weighted by molar-refractivity contribution is 5.65. The molecule has 3 saturated carbocycles. The van der Waals surface area contributed by atoms with E-state index in [-0.39, 0.29) is 34.2 Å². The Hall–Kier alpha value is -1.10. The van der Waals surface area contributed by atoms with Crippen LogP contribution in [0.15, 0.2) is 0 Å². The van der Waals surface area contributed by atoms with E-state index >= 15 is 0 Å². The molecule has 0 amide bonds. The highest BCUT2D eigenvalue weighted by Gasteiger charge is 2.49. The average molecular weight is 451 g/mol. The highest BCUT2D eigenvalue weighted by Crippen LogP contribution is 2.60. The summed E-state index contributed by atoms with van der Waals surface area (Å²) in [5.41, 5.74) is 0.888. The third-order valence-electron chi connectivity index (χ3n) is 5.31. The predicted molar refractivity (Wildman–Crippen MR) is 135 cm³/mol. The van der Waals surface area contributed by atoms with Crippen molar-refractivity contribution < 1.29 is 23.8 Å². The maximum absolute atomic E-state index is 9.59. The van der Waals surface area contributed by atoms with Crippen LogP contribution in [-0.2, 0) is 23.8 Å². The van der Waals surface area contributed by atoms with Crippen LogP contribution in [0.2, 0.25) is 0 Å². The maximum atomic E-state index is 9.59. The molecule has 0 aromatic rings. The molecular formula is C26H58O5. The van der Waals surface area contributed by atoms with E-state index in [4.69, 9.17) is 0 Å². The van der Waals surface area contributed by atoms with Crippen molar-refractivity contribution in [1.29, 1.82) is 0 Å². The lowest BCUT2D eigenvalue weighted by atomic mass is 9.49. The van der Waals surface area contributed by atoms with Gasteiger partial charge >= 0.3 is 11.9 Å². The minimum atomic E-state index is -0.245. The Bertz CT molecular complexity index is 365. The van der Waals surface area contributed by atoms with Crippen LogP contribution in [0.4, 0.5) is 0 Å². The molecule has 0 saturated heterocycles. The van der Waals surface area contributed by atoms with Crippen molar-refractivity contribution in [3.63, 3.8) is 0 Å². The Balaban J connectivity index is -0.0000000931. The van der Waals surface area contributed by atoms with Gasteiger partial charge in [0, 0.05) is 28.1 Å². The van der Waals surface area contributed by atoms with Crippen LogP contribution in [0.25, 0.3) is 0 Å². The molecule has 3 aliphatic carbocycles. The first-order valence-corrected chi connectivity index (χ1v) is 10.4. The summed E-state index contributed by atoms with van der Waals surface area (Å²) >= 11 is 0. The van der Waals surface area contributed by atoms with Crippen LogP contribution in [0.5, 0.6) is 0 Å². The summed E-state index contributed by atoms with van der Waals surface area (Å²) in [6.45, 7) is 12.1. The molecule has 0 bridgehead atoms. The smallest absolute Gasteiger partial charge is 0.302 e. The van der Waals surface area contributed by atoms with Gasteiger partial charge in [-0.2, -0.15) is 0 Å². The number of rotatable bonds is 0. The zero-order valence-corrected chi connectivity index (χ0v) is 20.1. The lowest BCUT2D eigenvalue weighted by Gasteiger charge is -2.56. The zero-order chi connectivity index (χ0) is 22.3. The van der Waals surface area contributed by atoms with Gasteiger partial charge in [0.05, 0.1) is 14.2 Å². The van der Waals surface area contributed by atoms with Gasteiger partial charge in [0.2, 0.25) is 0 Å². The van der Waals surface area contributed by atoms with Gasteiger partial charge in [0.15, 0.2) is 0 Å². The van der Waals surface area contributed by atoms with Crippen molar-refractivity contribution in [3.05, 3.63) is 0 Å². The Labute approximate surface area is 196 Å². The summed E-state index contributed by atoms with van der Waals surface area (Å²) in [4.78, 5) is 19.2. The monoisotopic (exact) mass is 450 g/mol. The Morgan fingerprint density at radius 1 is 0.613 bits per heavy atom. The van der Waals surface area contributed by atoms with E-state index < -0.39 is 0 Å². The molecule has 5 nitrogen and oxygen atoms in total. The second-order valence-electron chi connectivity index (χ2n) is 9.01. The molecule has 0 unspecified atom stereocenters. The minimum absolute atomic E-state index is 0. The summed E-state index contributed by atoms with van der Waals surface area (Å²) < 4.78 is 12.5. The van der Waals surface area contributed by atoms with E-state index in [9.17, 15) is 9.59 Å². The summed E-state index contributed by atoms with van der Waals surface area (Å²) in [5, 5.41) is 0. The van der Waals surface area contributed by atoms with Gasteiger partial charge in [-0.3, -0.25) is 9.59 Å². The van der Waals surface area contributed by atoms with E-state index in [0.29, 0.717) is 0 Å². The number of carbonyl (C=O) groups is 2. The number of hydrogen-bond donors (Lipinski definition) is 0. The summed E-state index contributed by atoms with van der Waals surface area (Å²) in [5.74, 6) is 3.70. The largest absolute Gasteiger partial charge is 0.469 e. The average Bonchev–Trinajstić information content (AvgIpc) is 2.53. The minimum Gasteiger partial charge on any atom is -0.469 e. The zero-order valence-electron chi connectivity index (χ0n) is 20.1. The van der Waals surface area contributed by atoms with Crippen molar-refractivity contribution in [1.82, 2.24) is 0 Å². The van der Waals surface area contributed by atoms with E-state index in [1.54, 1.807) is 14.2 Å². The van der Waals surface area contributed by atoms with Gasteiger partial charge in [-0.05, 0) is 67.6 Å². The number of hydrogen-bond acceptors (Lipinski definition) is 5. The van der Waals surface area contributed by atoms with Gasteiger partial charge in [-0.1, -0.05) is 50.0 Å². The molecule has 5 heteroatoms. The molecule has 192 valence electrons. The standard InChI is InChI=1S/C9H16.C6H12.2C3H6O2.C2H6O.3CH4/c1-7-3-9(4-7)5-8(2)6-9;1-5-3-6(2)4-5;2*1-3(4)5-2;1-3-2;;;/h7-8H,3-6H2,1-2H3;5-6H,3-4H2,1-2H3;2*1-2H3;1-2H3;3*1H4. The van der Waals surface area contributed by atoms with Gasteiger partial charge in [-0.25, -0.2) is 0 Å². The first-order chi connectivity index (χ1) is 12.9. The highest BCUT2D eigenvalue weighted by atomic mass is 16.5. The molecule has 0 atom stereocenters. The topological polar surface area (TPSA) is 61.8 Å². The molecule has 3 rings (SSSR count). The summed E-state index contributed by atoms with van der Waals surface area (Å²) in [7, 11) is 5.95. The molecule has 3 aliphatic rings. The summed E-state index contributed by atoms with van der Waals surface area (Å²) in [6.07, 6.45) is 9.10. The number of carbonyl (C=O) groups excluding carboxylic acids is 2. The first-order valence-electron chi connectivity index (χ1n) is 10.4. The van der Waals surface area contributed by atoms with Crippen LogP contribution in [0, 0.1) is 29.1 Å². The van der Waals surface area contributed by atoms with Gasteiger partial charge in [0.25, 0.3) is 0 Å². The van der Waals surface area contributed by atoms with Crippen LogP contribution in [-0.4, -0.2) is 40.4 Å². The Kier molecular flexibility index (Phi) is 28.7. The molecule has 1 spiro atoms. The number of methoxy groups -OCH3 is 3. The molecule has 0 aromatic heterocycles. The van der Waals surface area contributed by atoms with Crippen LogP contribution in [0.1, 0.15) is 102 Å². The van der Waals surface area contributed by atoms with Crippen LogP contribution in [0.3, 0.4) is 0 Å². The normalized spacial score (nSPS) is 27.9. The molecule has 0 aromatic carbocycles. The third-order valence-corrected chi connectivity index (χ3v) is 5.31. The van der Waals surface area contributed by atoms with E-state index in [1.807, 2.05) is 0 Å². The molecule has 0 radical (unpaired) electrons. The second-order valence-corrected chi connectivity index (χ2v) is 9.01. The summed E-state index contributed by atoms with van der Waals surface area (Å²) in [6, 6.07) is 0. The Morgan fingerprint density at radius 3 is 0.871 bits per heavy atom. The maximum Gasteiger partial charge on any atom is 0.302 e. The lowest BCUT2D eigenvalue weighted by Crippen LogP contribution is -2.45. The quantitative estimate of drug-likeness (QED) is 0.359. The van der Waals surface area contributed by atoms with E-state index in [1.165, 1.54) is 66.6 Å². The molecule has 0 aliphatic heterocycles. The van der Waals surface area contributed by atoms with E-state index in [2.05, 4.69) is 41.9 Å². The molecule has 0 heterocycles. The van der Waals surface area contributed by atoms with Crippen molar-refractivity contribution in [2.45, 2.75) is 102 Å². The molecule has 3 fully saturated rings. The molecule has 0 N–H and O–H groups in total.